The molecule has 1 nitrogen and oxygen atoms in total. The molecular weight excluding hydrogens is 694 g/mol. The summed E-state index contributed by atoms with van der Waals surface area (Å²) in [7, 11) is 0. The van der Waals surface area contributed by atoms with Crippen LogP contribution in [0.5, 0.6) is 0 Å². The highest BCUT2D eigenvalue weighted by molar-refractivity contribution is 5.86. The molecule has 4 fully saturated rings. The maximum absolute atomic E-state index is 13.7. The third kappa shape index (κ3) is 5.87. The first-order chi connectivity index (χ1) is 27.8. The van der Waals surface area contributed by atoms with Crippen LogP contribution >= 0.6 is 0 Å². The molecule has 0 radical (unpaired) electrons. The highest BCUT2D eigenvalue weighted by Crippen LogP contribution is 2.61. The largest absolute Gasteiger partial charge is 0.310 e. The monoisotopic (exact) mass is 741 g/mol. The van der Waals surface area contributed by atoms with E-state index in [0.29, 0.717) is 5.41 Å². The van der Waals surface area contributed by atoms with Crippen LogP contribution in [0.2, 0.25) is 0 Å². The number of rotatable bonds is 7. The Morgan fingerprint density at radius 3 is 1.35 bits per heavy atom. The average molecular weight is 742 g/mol. The van der Waals surface area contributed by atoms with Gasteiger partial charge in [-0.25, -0.2) is 4.39 Å². The number of anilines is 3. The minimum atomic E-state index is -0.223. The number of nitrogens with zero attached hydrogens (tertiary/aromatic N) is 1. The van der Waals surface area contributed by atoms with Gasteiger partial charge in [-0.2, -0.15) is 0 Å². The molecule has 4 saturated carbocycles. The summed E-state index contributed by atoms with van der Waals surface area (Å²) in [6.07, 6.45) is 8.69. The van der Waals surface area contributed by atoms with E-state index in [-0.39, 0.29) is 11.2 Å². The number of benzene rings is 7. The van der Waals surface area contributed by atoms with Crippen molar-refractivity contribution in [1.82, 2.24) is 0 Å². The van der Waals surface area contributed by atoms with E-state index < -0.39 is 0 Å². The van der Waals surface area contributed by atoms with Gasteiger partial charge >= 0.3 is 0 Å². The van der Waals surface area contributed by atoms with Gasteiger partial charge in [0.15, 0.2) is 0 Å². The first-order valence-corrected chi connectivity index (χ1v) is 21.0. The Balaban J connectivity index is 0.888. The minimum absolute atomic E-state index is 0.105. The van der Waals surface area contributed by atoms with Crippen LogP contribution in [0.4, 0.5) is 21.5 Å². The van der Waals surface area contributed by atoms with Crippen LogP contribution in [0.3, 0.4) is 0 Å². The Labute approximate surface area is 336 Å². The van der Waals surface area contributed by atoms with E-state index in [4.69, 9.17) is 0 Å². The molecule has 7 aromatic rings. The van der Waals surface area contributed by atoms with E-state index in [0.717, 1.165) is 45.9 Å². The number of fused-ring (bicyclic) bond motifs is 3. The fourth-order valence-corrected chi connectivity index (χ4v) is 11.9. The molecule has 5 aliphatic carbocycles. The zero-order chi connectivity index (χ0) is 38.3. The Morgan fingerprint density at radius 1 is 0.439 bits per heavy atom. The van der Waals surface area contributed by atoms with Crippen molar-refractivity contribution >= 4 is 17.1 Å². The number of hydrogen-bond acceptors (Lipinski definition) is 1. The van der Waals surface area contributed by atoms with E-state index in [1.807, 2.05) is 12.1 Å². The lowest BCUT2D eigenvalue weighted by Crippen LogP contribution is -2.48. The lowest BCUT2D eigenvalue weighted by Gasteiger charge is -2.57. The molecule has 0 heterocycles. The van der Waals surface area contributed by atoms with Crippen molar-refractivity contribution in [3.8, 4) is 44.5 Å². The molecule has 57 heavy (non-hydrogen) atoms. The van der Waals surface area contributed by atoms with E-state index in [9.17, 15) is 4.39 Å². The zero-order valence-electron chi connectivity index (χ0n) is 32.9. The summed E-state index contributed by atoms with van der Waals surface area (Å²) >= 11 is 0. The molecule has 2 heteroatoms. The second kappa shape index (κ2) is 13.2. The van der Waals surface area contributed by atoms with E-state index in [1.54, 1.807) is 5.56 Å². The molecule has 0 saturated heterocycles. The van der Waals surface area contributed by atoms with Crippen LogP contribution in [0.25, 0.3) is 44.5 Å². The van der Waals surface area contributed by atoms with Gasteiger partial charge in [0.1, 0.15) is 5.82 Å². The molecule has 5 aliphatic rings. The average Bonchev–Trinajstić information content (AvgIpc) is 3.47. The van der Waals surface area contributed by atoms with Crippen molar-refractivity contribution in [2.45, 2.75) is 63.2 Å². The van der Waals surface area contributed by atoms with Gasteiger partial charge in [0, 0.05) is 22.5 Å². The van der Waals surface area contributed by atoms with Crippen LogP contribution in [0.15, 0.2) is 164 Å². The summed E-state index contributed by atoms with van der Waals surface area (Å²) in [5, 5.41) is 0. The lowest BCUT2D eigenvalue weighted by atomic mass is 9.48. The summed E-state index contributed by atoms with van der Waals surface area (Å²) < 4.78 is 13.7. The topological polar surface area (TPSA) is 3.24 Å². The van der Waals surface area contributed by atoms with Crippen molar-refractivity contribution < 1.29 is 4.39 Å². The fraction of sp³-hybridized carbons (Fsp3) is 0.236. The summed E-state index contributed by atoms with van der Waals surface area (Å²) in [4.78, 5) is 2.35. The number of halogens is 1. The maximum Gasteiger partial charge on any atom is 0.123 e. The van der Waals surface area contributed by atoms with Crippen molar-refractivity contribution in [3.05, 3.63) is 186 Å². The molecule has 0 amide bonds. The number of hydrogen-bond donors (Lipinski definition) is 0. The predicted octanol–water partition coefficient (Wildman–Crippen LogP) is 15.1. The summed E-state index contributed by atoms with van der Waals surface area (Å²) in [6.45, 7) is 4.67. The highest BCUT2D eigenvalue weighted by Gasteiger charge is 2.51. The van der Waals surface area contributed by atoms with Crippen molar-refractivity contribution in [2.24, 2.45) is 17.8 Å². The zero-order valence-corrected chi connectivity index (χ0v) is 32.9. The predicted molar refractivity (Wildman–Crippen MR) is 235 cm³/mol. The summed E-state index contributed by atoms with van der Waals surface area (Å²) in [5.74, 6) is 2.67. The molecule has 0 N–H and O–H groups in total. The molecule has 0 spiro atoms. The van der Waals surface area contributed by atoms with Gasteiger partial charge in [-0.05, 0) is 171 Å². The lowest BCUT2D eigenvalue weighted by molar-refractivity contribution is -0.00518. The molecule has 7 aromatic carbocycles. The Kier molecular flexibility index (Phi) is 7.97. The van der Waals surface area contributed by atoms with Crippen molar-refractivity contribution in [3.63, 3.8) is 0 Å². The van der Waals surface area contributed by atoms with Gasteiger partial charge in [-0.1, -0.05) is 129 Å². The first kappa shape index (κ1) is 34.5. The quantitative estimate of drug-likeness (QED) is 0.157. The Hall–Kier alpha value is -5.73. The molecule has 0 aliphatic heterocycles. The summed E-state index contributed by atoms with van der Waals surface area (Å²) in [5.41, 5.74) is 17.6. The second-order valence-electron chi connectivity index (χ2n) is 18.2. The Bertz CT molecular complexity index is 2560. The van der Waals surface area contributed by atoms with Crippen molar-refractivity contribution in [2.75, 3.05) is 4.90 Å². The minimum Gasteiger partial charge on any atom is -0.310 e. The van der Waals surface area contributed by atoms with E-state index >= 15 is 0 Å². The van der Waals surface area contributed by atoms with Gasteiger partial charge in [-0.3, -0.25) is 0 Å². The van der Waals surface area contributed by atoms with Crippen molar-refractivity contribution in [1.29, 1.82) is 0 Å². The normalized spacial score (nSPS) is 22.3. The maximum atomic E-state index is 13.7. The third-order valence-corrected chi connectivity index (χ3v) is 14.3. The van der Waals surface area contributed by atoms with Crippen LogP contribution in [-0.2, 0) is 10.8 Å². The van der Waals surface area contributed by atoms with Gasteiger partial charge in [-0.15, -0.1) is 0 Å². The smallest absolute Gasteiger partial charge is 0.123 e. The van der Waals surface area contributed by atoms with Gasteiger partial charge in [0.2, 0.25) is 0 Å². The first-order valence-electron chi connectivity index (χ1n) is 21.0. The molecule has 0 aromatic heterocycles. The van der Waals surface area contributed by atoms with Crippen LogP contribution in [0.1, 0.15) is 69.1 Å². The second-order valence-corrected chi connectivity index (χ2v) is 18.2. The summed E-state index contributed by atoms with van der Waals surface area (Å²) in [6, 6.07) is 58.8. The molecule has 0 atom stereocenters. The molecule has 4 bridgehead atoms. The fourth-order valence-electron chi connectivity index (χ4n) is 11.9. The van der Waals surface area contributed by atoms with Crippen LogP contribution in [-0.4, -0.2) is 0 Å². The van der Waals surface area contributed by atoms with E-state index in [1.165, 1.54) is 95.2 Å². The molecule has 12 rings (SSSR count). The SMILES string of the molecule is CC1(C)c2ccccc2-c2ccc(N(c3ccc(-c4ccc(F)cc4)cc3)c3ccc(-c4ccc(-c5ccc(C67CC8CC(CC(C8)C6)C7)cc5)cc4)cc3)cc21. The van der Waals surface area contributed by atoms with Crippen LogP contribution in [0, 0.1) is 23.6 Å². The van der Waals surface area contributed by atoms with Gasteiger partial charge in [0.05, 0.1) is 0 Å². The Morgan fingerprint density at radius 2 is 0.842 bits per heavy atom. The van der Waals surface area contributed by atoms with Crippen LogP contribution < -0.4 is 4.90 Å². The van der Waals surface area contributed by atoms with Gasteiger partial charge in [0.25, 0.3) is 0 Å². The molecule has 0 unspecified atom stereocenters. The third-order valence-electron chi connectivity index (χ3n) is 14.3. The standard InChI is InChI=1S/C55H48FN/c1-54(2)52-6-4-3-5-50(52)51-28-27-49(32-53(51)54)57(48-25-17-44(18-26-48)42-13-21-46(56)22-14-42)47-23-15-43(16-24-47)40-9-7-39(8-10-40)41-11-19-45(20-12-41)55-33-36-29-37(34-55)31-38(30-36)35-55/h3-28,32,36-38H,29-31,33-35H2,1-2H3. The van der Waals surface area contributed by atoms with Gasteiger partial charge < -0.3 is 4.90 Å². The highest BCUT2D eigenvalue weighted by atomic mass is 19.1. The molecule has 280 valence electrons. The molecular formula is C55H48FN. The van der Waals surface area contributed by atoms with E-state index in [2.05, 4.69) is 158 Å².